The Bertz CT molecular complexity index is 363. The van der Waals surface area contributed by atoms with Crippen LogP contribution in [0.15, 0.2) is 0 Å². The Hall–Kier alpha value is -1.55. The molecule has 0 unspecified atom stereocenters. The molecule has 0 aromatic heterocycles. The molecule has 0 atom stereocenters. The van der Waals surface area contributed by atoms with E-state index in [9.17, 15) is 0 Å². The predicted octanol–water partition coefficient (Wildman–Crippen LogP) is 7.15. The zero-order valence-electron chi connectivity index (χ0n) is 18.4. The van der Waals surface area contributed by atoms with Crippen LogP contribution in [0.5, 0.6) is 0 Å². The maximum atomic E-state index is 6.28. The van der Waals surface area contributed by atoms with Crippen molar-refractivity contribution in [1.82, 2.24) is 0 Å². The van der Waals surface area contributed by atoms with Crippen LogP contribution in [0.25, 0.3) is 24.2 Å². The minimum absolute atomic E-state index is 0. The number of nitrogens with zero attached hydrogens (tertiary/aromatic N) is 5. The molecule has 0 amide bonds. The minimum atomic E-state index is 0. The molecule has 0 bridgehead atoms. The molecule has 0 aromatic rings. The molecule has 155 valence electrons. The quantitative estimate of drug-likeness (QED) is 0.259. The summed E-state index contributed by atoms with van der Waals surface area (Å²) in [6, 6.07) is 0.880. The summed E-state index contributed by atoms with van der Waals surface area (Å²) in [7, 11) is 0. The van der Waals surface area contributed by atoms with E-state index in [2.05, 4.69) is 24.2 Å². The Balaban J connectivity index is -0.0000000364. The van der Waals surface area contributed by atoms with Gasteiger partial charge in [-0.1, -0.05) is 0 Å². The Morgan fingerprint density at radius 3 is 0.407 bits per heavy atom. The molecule has 0 aliphatic heterocycles. The first-order chi connectivity index (χ1) is 11.4. The van der Waals surface area contributed by atoms with Crippen LogP contribution in [0.3, 0.4) is 0 Å². The molecular weight excluding hydrogens is 445 g/mol. The van der Waals surface area contributed by atoms with E-state index >= 15 is 0 Å². The summed E-state index contributed by atoms with van der Waals surface area (Å²) in [4.78, 5) is 15.7. The first-order valence-electron chi connectivity index (χ1n) is 8.18. The van der Waals surface area contributed by atoms with Crippen LogP contribution in [0.4, 0.5) is 0 Å². The van der Waals surface area contributed by atoms with E-state index in [0.29, 0.717) is 0 Å². The molecule has 27 heavy (non-hydrogen) atoms. The molecule has 0 rings (SSSR count). The molecule has 0 heterocycles. The summed E-state index contributed by atoms with van der Waals surface area (Å²) in [5.74, 6) is 0. The molecule has 0 saturated heterocycles. The molecule has 0 spiro atoms. The van der Waals surface area contributed by atoms with Gasteiger partial charge in [-0.15, -0.1) is 17.0 Å². The monoisotopic (exact) mass is 480 g/mol. The SMILES string of the molecule is Br.[C-]#[N+]C(C)C.[C-]#[N+]C(C)C.[C-]#[N+]C(C)C.[C-]#[N+]C(C)C.[C-]#[N+]C(C)C.[Mn]. The van der Waals surface area contributed by atoms with Crippen LogP contribution in [0.1, 0.15) is 69.2 Å². The maximum absolute atomic E-state index is 6.28. The third kappa shape index (κ3) is 173. The Morgan fingerprint density at radius 2 is 0.407 bits per heavy atom. The van der Waals surface area contributed by atoms with E-state index in [4.69, 9.17) is 32.9 Å². The van der Waals surface area contributed by atoms with Crippen LogP contribution in [0, 0.1) is 32.9 Å². The van der Waals surface area contributed by atoms with Crippen molar-refractivity contribution >= 4 is 17.0 Å². The van der Waals surface area contributed by atoms with Gasteiger partial charge in [-0.25, -0.2) is 32.9 Å². The zero-order chi connectivity index (χ0) is 21.4. The number of halogens is 1. The fourth-order valence-electron chi connectivity index (χ4n) is 0. The van der Waals surface area contributed by atoms with Crippen molar-refractivity contribution in [2.45, 2.75) is 99.4 Å². The molecule has 0 fully saturated rings. The summed E-state index contributed by atoms with van der Waals surface area (Å²) in [6.45, 7) is 50.1. The molecule has 0 N–H and O–H groups in total. The third-order valence-electron chi connectivity index (χ3n) is 1.29. The van der Waals surface area contributed by atoms with Gasteiger partial charge in [-0.05, 0) is 0 Å². The number of hydrogen-bond donors (Lipinski definition) is 0. The van der Waals surface area contributed by atoms with Gasteiger partial charge in [0.15, 0.2) is 0 Å². The minimum Gasteiger partial charge on any atom is -0.314 e. The van der Waals surface area contributed by atoms with Crippen LogP contribution < -0.4 is 0 Å². The van der Waals surface area contributed by atoms with Gasteiger partial charge in [0.1, 0.15) is 0 Å². The summed E-state index contributed by atoms with van der Waals surface area (Å²) >= 11 is 0. The summed E-state index contributed by atoms with van der Waals surface area (Å²) in [6.07, 6.45) is 0. The van der Waals surface area contributed by atoms with Crippen molar-refractivity contribution in [1.29, 1.82) is 0 Å². The largest absolute Gasteiger partial charge is 0.314 e. The first kappa shape index (κ1) is 44.7. The van der Waals surface area contributed by atoms with E-state index in [1.165, 1.54) is 0 Å². The van der Waals surface area contributed by atoms with Gasteiger partial charge in [-0.3, -0.25) is 0 Å². The second-order valence-corrected chi connectivity index (χ2v) is 6.11. The van der Waals surface area contributed by atoms with Gasteiger partial charge in [0, 0.05) is 86.3 Å². The van der Waals surface area contributed by atoms with Gasteiger partial charge in [0.05, 0.1) is 0 Å². The molecule has 1 radical (unpaired) electrons. The van der Waals surface area contributed by atoms with E-state index < -0.39 is 0 Å². The standard InChI is InChI=1S/5C4H7N.BrH.Mn/c5*1-4(2)5-3;;/h5*4H,1-2H3;1H;. The van der Waals surface area contributed by atoms with Crippen molar-refractivity contribution in [2.24, 2.45) is 0 Å². The fraction of sp³-hybridized carbons (Fsp3) is 0.750. The van der Waals surface area contributed by atoms with Crippen molar-refractivity contribution in [3.63, 3.8) is 0 Å². The first-order valence-corrected chi connectivity index (χ1v) is 8.18. The van der Waals surface area contributed by atoms with E-state index in [1.54, 1.807) is 0 Å². The van der Waals surface area contributed by atoms with Gasteiger partial charge < -0.3 is 24.2 Å². The topological polar surface area (TPSA) is 21.8 Å². The van der Waals surface area contributed by atoms with Crippen molar-refractivity contribution in [3.05, 3.63) is 57.1 Å². The number of hydrogen-bond acceptors (Lipinski definition) is 0. The molecule has 5 nitrogen and oxygen atoms in total. The van der Waals surface area contributed by atoms with E-state index in [-0.39, 0.29) is 64.3 Å². The normalized spacial score (nSPS) is 7.04. The van der Waals surface area contributed by atoms with Crippen molar-refractivity contribution in [3.8, 4) is 0 Å². The summed E-state index contributed by atoms with van der Waals surface area (Å²) in [5.41, 5.74) is 0. The zero-order valence-corrected chi connectivity index (χ0v) is 21.3. The molecule has 0 aliphatic carbocycles. The van der Waals surface area contributed by atoms with Gasteiger partial charge in [-0.2, -0.15) is 0 Å². The average molecular weight is 481 g/mol. The van der Waals surface area contributed by atoms with Crippen molar-refractivity contribution < 1.29 is 17.1 Å². The predicted molar refractivity (Wildman–Crippen MR) is 119 cm³/mol. The Morgan fingerprint density at radius 1 is 0.370 bits per heavy atom. The summed E-state index contributed by atoms with van der Waals surface area (Å²) in [5, 5.41) is 0. The smallest absolute Gasteiger partial charge is 0.218 e. The van der Waals surface area contributed by atoms with Crippen LogP contribution >= 0.6 is 17.0 Å². The Kier molecular flexibility index (Phi) is 65.4. The third-order valence-corrected chi connectivity index (χ3v) is 1.29. The maximum Gasteiger partial charge on any atom is 0.218 e. The second-order valence-electron chi connectivity index (χ2n) is 6.11. The molecule has 7 heteroatoms. The van der Waals surface area contributed by atoms with E-state index in [1.807, 2.05) is 69.2 Å². The molecule has 0 aromatic carbocycles. The van der Waals surface area contributed by atoms with Gasteiger partial charge >= 0.3 is 0 Å². The van der Waals surface area contributed by atoms with Crippen LogP contribution in [0.2, 0.25) is 0 Å². The molecule has 0 saturated carbocycles. The molecular formula is C20H36BrMnN5. The van der Waals surface area contributed by atoms with Gasteiger partial charge in [0.25, 0.3) is 0 Å². The molecule has 0 aliphatic rings. The van der Waals surface area contributed by atoms with Crippen molar-refractivity contribution in [2.75, 3.05) is 0 Å². The van der Waals surface area contributed by atoms with Crippen LogP contribution in [-0.2, 0) is 17.1 Å². The number of rotatable bonds is 0. The summed E-state index contributed by atoms with van der Waals surface area (Å²) < 4.78 is 0. The second kappa shape index (κ2) is 39.5. The Labute approximate surface area is 190 Å². The van der Waals surface area contributed by atoms with E-state index in [0.717, 1.165) is 0 Å². The van der Waals surface area contributed by atoms with Crippen LogP contribution in [-0.4, -0.2) is 30.2 Å². The van der Waals surface area contributed by atoms with Gasteiger partial charge in [0.2, 0.25) is 30.2 Å². The average Bonchev–Trinajstić information content (AvgIpc) is 2.56. The fourth-order valence-corrected chi connectivity index (χ4v) is 0.